The van der Waals surface area contributed by atoms with E-state index in [1.807, 2.05) is 30.5 Å². The molecule has 4 nitrogen and oxygen atoms in total. The van der Waals surface area contributed by atoms with E-state index < -0.39 is 12.0 Å². The fourth-order valence-electron chi connectivity index (χ4n) is 1.26. The molecule has 0 bridgehead atoms. The van der Waals surface area contributed by atoms with Gasteiger partial charge in [-0.05, 0) is 26.0 Å². The summed E-state index contributed by atoms with van der Waals surface area (Å²) >= 11 is 0. The Balaban J connectivity index is 2.79. The first-order chi connectivity index (χ1) is 6.02. The number of aryl methyl sites for hydroxylation is 2. The molecular weight excluding hydrogens is 168 g/mol. The molecule has 0 aliphatic carbocycles. The lowest BCUT2D eigenvalue weighted by molar-refractivity contribution is -0.138. The molecule has 0 aromatic carbocycles. The predicted molar refractivity (Wildman–Crippen MR) is 49.5 cm³/mol. The van der Waals surface area contributed by atoms with Crippen molar-refractivity contribution >= 4 is 5.97 Å². The molecule has 72 valence electrons. The SMILES string of the molecule is Cc1ccc(C)n1CC(N)C(=O)O. The van der Waals surface area contributed by atoms with E-state index in [9.17, 15) is 4.79 Å². The highest BCUT2D eigenvalue weighted by atomic mass is 16.4. The molecule has 0 saturated heterocycles. The van der Waals surface area contributed by atoms with E-state index in [1.54, 1.807) is 0 Å². The predicted octanol–water partition coefficient (Wildman–Crippen LogP) is 0.517. The Labute approximate surface area is 77.0 Å². The lowest BCUT2D eigenvalue weighted by Crippen LogP contribution is -2.35. The molecule has 1 rings (SSSR count). The number of aromatic nitrogens is 1. The summed E-state index contributed by atoms with van der Waals surface area (Å²) in [7, 11) is 0. The minimum absolute atomic E-state index is 0.333. The van der Waals surface area contributed by atoms with Crippen molar-refractivity contribution in [1.82, 2.24) is 4.57 Å². The van der Waals surface area contributed by atoms with Crippen LogP contribution in [0.2, 0.25) is 0 Å². The van der Waals surface area contributed by atoms with Gasteiger partial charge in [0, 0.05) is 17.9 Å². The number of rotatable bonds is 3. The number of carbonyl (C=O) groups is 1. The van der Waals surface area contributed by atoms with E-state index in [0.717, 1.165) is 11.4 Å². The van der Waals surface area contributed by atoms with Crippen LogP contribution < -0.4 is 5.73 Å². The number of hydrogen-bond donors (Lipinski definition) is 2. The number of nitrogens with zero attached hydrogens (tertiary/aromatic N) is 1. The monoisotopic (exact) mass is 182 g/mol. The van der Waals surface area contributed by atoms with Crippen molar-refractivity contribution in [2.45, 2.75) is 26.4 Å². The molecule has 0 fully saturated rings. The fourth-order valence-corrected chi connectivity index (χ4v) is 1.26. The Bertz CT molecular complexity index is 298. The molecule has 1 aromatic heterocycles. The summed E-state index contributed by atoms with van der Waals surface area (Å²) in [5.74, 6) is -0.965. The van der Waals surface area contributed by atoms with E-state index in [2.05, 4.69) is 0 Å². The molecule has 4 heteroatoms. The van der Waals surface area contributed by atoms with Crippen molar-refractivity contribution in [2.24, 2.45) is 5.73 Å². The summed E-state index contributed by atoms with van der Waals surface area (Å²) in [6.07, 6.45) is 0. The number of carboxylic acids is 1. The third-order valence-electron chi connectivity index (χ3n) is 2.11. The maximum Gasteiger partial charge on any atom is 0.322 e. The van der Waals surface area contributed by atoms with Gasteiger partial charge in [0.1, 0.15) is 6.04 Å². The summed E-state index contributed by atoms with van der Waals surface area (Å²) in [4.78, 5) is 10.5. The molecular formula is C9H14N2O2. The van der Waals surface area contributed by atoms with Gasteiger partial charge in [-0.1, -0.05) is 0 Å². The smallest absolute Gasteiger partial charge is 0.322 e. The van der Waals surface area contributed by atoms with Gasteiger partial charge in [0.2, 0.25) is 0 Å². The second-order valence-corrected chi connectivity index (χ2v) is 3.17. The van der Waals surface area contributed by atoms with Gasteiger partial charge in [-0.15, -0.1) is 0 Å². The van der Waals surface area contributed by atoms with Crippen molar-refractivity contribution in [3.8, 4) is 0 Å². The Kier molecular flexibility index (Phi) is 2.72. The quantitative estimate of drug-likeness (QED) is 0.716. The average molecular weight is 182 g/mol. The number of carboxylic acid groups (broad SMARTS) is 1. The minimum atomic E-state index is -0.965. The van der Waals surface area contributed by atoms with Crippen LogP contribution in [0.15, 0.2) is 12.1 Å². The molecule has 13 heavy (non-hydrogen) atoms. The van der Waals surface area contributed by atoms with Crippen molar-refractivity contribution < 1.29 is 9.90 Å². The molecule has 0 aliphatic heterocycles. The average Bonchev–Trinajstić information content (AvgIpc) is 2.35. The normalized spacial score (nSPS) is 12.8. The lowest BCUT2D eigenvalue weighted by atomic mass is 10.3. The second-order valence-electron chi connectivity index (χ2n) is 3.17. The zero-order valence-electron chi connectivity index (χ0n) is 7.82. The highest BCUT2D eigenvalue weighted by molar-refractivity contribution is 5.72. The number of hydrogen-bond acceptors (Lipinski definition) is 2. The molecule has 0 radical (unpaired) electrons. The molecule has 1 unspecified atom stereocenters. The van der Waals surface area contributed by atoms with Crippen LogP contribution in [0.3, 0.4) is 0 Å². The summed E-state index contributed by atoms with van der Waals surface area (Å²) in [6, 6.07) is 3.07. The van der Waals surface area contributed by atoms with Gasteiger partial charge in [0.25, 0.3) is 0 Å². The number of nitrogens with two attached hydrogens (primary N) is 1. The van der Waals surface area contributed by atoms with Crippen LogP contribution in [0.5, 0.6) is 0 Å². The zero-order chi connectivity index (χ0) is 10.0. The first kappa shape index (κ1) is 9.80. The molecule has 0 aliphatic rings. The standard InChI is InChI=1S/C9H14N2O2/c1-6-3-4-7(2)11(6)5-8(10)9(12)13/h3-4,8H,5,10H2,1-2H3,(H,12,13). The topological polar surface area (TPSA) is 68.2 Å². The largest absolute Gasteiger partial charge is 0.480 e. The molecule has 3 N–H and O–H groups in total. The third-order valence-corrected chi connectivity index (χ3v) is 2.11. The summed E-state index contributed by atoms with van der Waals surface area (Å²) in [5.41, 5.74) is 7.50. The summed E-state index contributed by atoms with van der Waals surface area (Å²) < 4.78 is 1.90. The van der Waals surface area contributed by atoms with Gasteiger partial charge in [0.15, 0.2) is 0 Å². The fraction of sp³-hybridized carbons (Fsp3) is 0.444. The van der Waals surface area contributed by atoms with Gasteiger partial charge in [-0.3, -0.25) is 4.79 Å². The van der Waals surface area contributed by atoms with Gasteiger partial charge in [-0.2, -0.15) is 0 Å². The van der Waals surface area contributed by atoms with Gasteiger partial charge >= 0.3 is 5.97 Å². The Morgan fingerprint density at radius 2 is 2.00 bits per heavy atom. The van der Waals surface area contributed by atoms with E-state index in [4.69, 9.17) is 10.8 Å². The highest BCUT2D eigenvalue weighted by Crippen LogP contribution is 2.07. The van der Waals surface area contributed by atoms with E-state index >= 15 is 0 Å². The first-order valence-electron chi connectivity index (χ1n) is 4.13. The van der Waals surface area contributed by atoms with Crippen LogP contribution in [-0.2, 0) is 11.3 Å². The van der Waals surface area contributed by atoms with E-state index in [0.29, 0.717) is 6.54 Å². The van der Waals surface area contributed by atoms with Crippen LogP contribution in [-0.4, -0.2) is 21.7 Å². The van der Waals surface area contributed by atoms with Crippen LogP contribution in [0.1, 0.15) is 11.4 Å². The van der Waals surface area contributed by atoms with E-state index in [1.165, 1.54) is 0 Å². The molecule has 0 spiro atoms. The minimum Gasteiger partial charge on any atom is -0.480 e. The van der Waals surface area contributed by atoms with Crippen molar-refractivity contribution in [2.75, 3.05) is 0 Å². The van der Waals surface area contributed by atoms with Crippen LogP contribution in [0.4, 0.5) is 0 Å². The molecule has 1 heterocycles. The molecule has 1 atom stereocenters. The van der Waals surface area contributed by atoms with Gasteiger partial charge in [-0.25, -0.2) is 0 Å². The third kappa shape index (κ3) is 2.09. The first-order valence-corrected chi connectivity index (χ1v) is 4.13. The van der Waals surface area contributed by atoms with Crippen molar-refractivity contribution in [3.63, 3.8) is 0 Å². The maximum atomic E-state index is 10.5. The Hall–Kier alpha value is -1.29. The van der Waals surface area contributed by atoms with E-state index in [-0.39, 0.29) is 0 Å². The van der Waals surface area contributed by atoms with Crippen molar-refractivity contribution in [3.05, 3.63) is 23.5 Å². The van der Waals surface area contributed by atoms with Crippen molar-refractivity contribution in [1.29, 1.82) is 0 Å². The van der Waals surface area contributed by atoms with Crippen LogP contribution in [0, 0.1) is 13.8 Å². The van der Waals surface area contributed by atoms with Gasteiger partial charge < -0.3 is 15.4 Å². The Morgan fingerprint density at radius 1 is 1.54 bits per heavy atom. The summed E-state index contributed by atoms with van der Waals surface area (Å²) in [6.45, 7) is 4.20. The highest BCUT2D eigenvalue weighted by Gasteiger charge is 2.13. The van der Waals surface area contributed by atoms with Gasteiger partial charge in [0.05, 0.1) is 0 Å². The maximum absolute atomic E-state index is 10.5. The van der Waals surface area contributed by atoms with Crippen LogP contribution >= 0.6 is 0 Å². The number of aliphatic carboxylic acids is 1. The summed E-state index contributed by atoms with van der Waals surface area (Å²) in [5, 5.41) is 8.62. The lowest BCUT2D eigenvalue weighted by Gasteiger charge is -2.11. The molecule has 0 amide bonds. The second kappa shape index (κ2) is 3.62. The zero-order valence-corrected chi connectivity index (χ0v) is 7.82. The molecule has 1 aromatic rings. The molecule has 0 saturated carbocycles. The van der Waals surface area contributed by atoms with Crippen LogP contribution in [0.25, 0.3) is 0 Å². The Morgan fingerprint density at radius 3 is 2.38 bits per heavy atom.